The van der Waals surface area contributed by atoms with Crippen molar-refractivity contribution in [1.82, 2.24) is 15.5 Å². The number of carbonyl (C=O) groups is 2. The van der Waals surface area contributed by atoms with E-state index in [2.05, 4.69) is 25.7 Å². The SMILES string of the molecule is O=C(NCc1ccc(C(F)(F)F)cc1)c1ccc2[nH]nc(NC(=O)c3ccc(N4CCOCC4)cc3)c2c1. The summed E-state index contributed by atoms with van der Waals surface area (Å²) in [6, 6.07) is 16.7. The van der Waals surface area contributed by atoms with Crippen LogP contribution >= 0.6 is 0 Å². The van der Waals surface area contributed by atoms with E-state index in [0.29, 0.717) is 40.8 Å². The number of aromatic nitrogens is 2. The van der Waals surface area contributed by atoms with Gasteiger partial charge in [0, 0.05) is 41.8 Å². The van der Waals surface area contributed by atoms with Gasteiger partial charge in [-0.3, -0.25) is 14.7 Å². The first-order chi connectivity index (χ1) is 18.3. The molecule has 0 unspecified atom stereocenters. The first-order valence-electron chi connectivity index (χ1n) is 11.9. The van der Waals surface area contributed by atoms with E-state index in [-0.39, 0.29) is 18.3 Å². The van der Waals surface area contributed by atoms with Crippen LogP contribution in [0.2, 0.25) is 0 Å². The van der Waals surface area contributed by atoms with Gasteiger partial charge in [0.1, 0.15) is 0 Å². The number of ether oxygens (including phenoxy) is 1. The number of nitrogens with one attached hydrogen (secondary N) is 3. The van der Waals surface area contributed by atoms with Gasteiger partial charge in [0.25, 0.3) is 11.8 Å². The number of rotatable bonds is 6. The van der Waals surface area contributed by atoms with Crippen LogP contribution in [0.3, 0.4) is 0 Å². The molecule has 4 aromatic rings. The van der Waals surface area contributed by atoms with Crippen LogP contribution in [0.15, 0.2) is 66.7 Å². The molecule has 0 radical (unpaired) electrons. The van der Waals surface area contributed by atoms with E-state index in [4.69, 9.17) is 4.74 Å². The predicted molar refractivity (Wildman–Crippen MR) is 136 cm³/mol. The van der Waals surface area contributed by atoms with Gasteiger partial charge in [0.05, 0.1) is 24.3 Å². The fraction of sp³-hybridized carbons (Fsp3) is 0.222. The summed E-state index contributed by atoms with van der Waals surface area (Å²) in [6.07, 6.45) is -4.42. The second-order valence-corrected chi connectivity index (χ2v) is 8.81. The number of halogens is 3. The van der Waals surface area contributed by atoms with Crippen molar-refractivity contribution in [3.05, 3.63) is 89.0 Å². The molecule has 1 aliphatic heterocycles. The lowest BCUT2D eigenvalue weighted by Crippen LogP contribution is -2.36. The zero-order valence-corrected chi connectivity index (χ0v) is 20.1. The molecule has 0 bridgehead atoms. The zero-order valence-electron chi connectivity index (χ0n) is 20.1. The van der Waals surface area contributed by atoms with Crippen molar-refractivity contribution in [1.29, 1.82) is 0 Å². The fourth-order valence-electron chi connectivity index (χ4n) is 4.17. The first kappa shape index (κ1) is 25.3. The highest BCUT2D eigenvalue weighted by atomic mass is 19.4. The Balaban J connectivity index is 1.24. The zero-order chi connectivity index (χ0) is 26.7. The number of nitrogens with zero attached hydrogens (tertiary/aromatic N) is 2. The van der Waals surface area contributed by atoms with Crippen LogP contribution in [-0.2, 0) is 17.5 Å². The van der Waals surface area contributed by atoms with Gasteiger partial charge in [-0.25, -0.2) is 0 Å². The van der Waals surface area contributed by atoms with E-state index in [1.54, 1.807) is 30.3 Å². The molecule has 3 N–H and O–H groups in total. The minimum Gasteiger partial charge on any atom is -0.378 e. The Hall–Kier alpha value is -4.38. The van der Waals surface area contributed by atoms with Crippen LogP contribution in [0.4, 0.5) is 24.7 Å². The van der Waals surface area contributed by atoms with Gasteiger partial charge < -0.3 is 20.3 Å². The summed E-state index contributed by atoms with van der Waals surface area (Å²) in [5.74, 6) is -0.479. The summed E-state index contributed by atoms with van der Waals surface area (Å²) in [5.41, 5.74) is 2.20. The largest absolute Gasteiger partial charge is 0.416 e. The van der Waals surface area contributed by atoms with Gasteiger partial charge in [-0.2, -0.15) is 18.3 Å². The van der Waals surface area contributed by atoms with Gasteiger partial charge in [0.15, 0.2) is 5.82 Å². The topological polar surface area (TPSA) is 99.3 Å². The molecule has 0 saturated carbocycles. The Morgan fingerprint density at radius 1 is 0.921 bits per heavy atom. The molecule has 3 aromatic carbocycles. The second-order valence-electron chi connectivity index (χ2n) is 8.81. The number of hydrogen-bond donors (Lipinski definition) is 3. The van der Waals surface area contributed by atoms with Crippen LogP contribution in [0.1, 0.15) is 31.8 Å². The van der Waals surface area contributed by atoms with Gasteiger partial charge in [-0.05, 0) is 60.2 Å². The molecule has 1 aliphatic rings. The van der Waals surface area contributed by atoms with Crippen LogP contribution in [0.25, 0.3) is 10.9 Å². The molecular weight excluding hydrogens is 499 g/mol. The van der Waals surface area contributed by atoms with Crippen molar-refractivity contribution in [3.63, 3.8) is 0 Å². The first-order valence-corrected chi connectivity index (χ1v) is 11.9. The Morgan fingerprint density at radius 3 is 2.29 bits per heavy atom. The number of amides is 2. The lowest BCUT2D eigenvalue weighted by Gasteiger charge is -2.28. The maximum absolute atomic E-state index is 12.9. The quantitative estimate of drug-likeness (QED) is 0.343. The van der Waals surface area contributed by atoms with Crippen LogP contribution in [-0.4, -0.2) is 48.3 Å². The molecule has 2 amide bonds. The average Bonchev–Trinajstić information content (AvgIpc) is 3.33. The molecule has 0 aliphatic carbocycles. The van der Waals surface area contributed by atoms with Crippen molar-refractivity contribution in [2.75, 3.05) is 36.5 Å². The number of carbonyl (C=O) groups excluding carboxylic acids is 2. The minimum absolute atomic E-state index is 0.0600. The summed E-state index contributed by atoms with van der Waals surface area (Å²) in [7, 11) is 0. The van der Waals surface area contributed by atoms with Crippen LogP contribution in [0, 0.1) is 0 Å². The van der Waals surface area contributed by atoms with Crippen LogP contribution < -0.4 is 15.5 Å². The summed E-state index contributed by atoms with van der Waals surface area (Å²) in [5, 5.41) is 13.0. The highest BCUT2D eigenvalue weighted by Crippen LogP contribution is 2.29. The summed E-state index contributed by atoms with van der Waals surface area (Å²) in [6.45, 7) is 2.99. The van der Waals surface area contributed by atoms with E-state index < -0.39 is 17.6 Å². The van der Waals surface area contributed by atoms with E-state index in [0.717, 1.165) is 30.9 Å². The highest BCUT2D eigenvalue weighted by Gasteiger charge is 2.29. The van der Waals surface area contributed by atoms with Gasteiger partial charge in [-0.15, -0.1) is 0 Å². The molecule has 1 saturated heterocycles. The number of anilines is 2. The third kappa shape index (κ3) is 5.62. The Labute approximate surface area is 215 Å². The molecule has 2 heterocycles. The van der Waals surface area contributed by atoms with Gasteiger partial charge >= 0.3 is 6.18 Å². The van der Waals surface area contributed by atoms with E-state index in [1.165, 1.54) is 12.1 Å². The maximum atomic E-state index is 12.9. The molecule has 1 fully saturated rings. The summed E-state index contributed by atoms with van der Waals surface area (Å²) >= 11 is 0. The molecule has 8 nitrogen and oxygen atoms in total. The van der Waals surface area contributed by atoms with Crippen LogP contribution in [0.5, 0.6) is 0 Å². The number of morpholine rings is 1. The molecular formula is C27H24F3N5O3. The Morgan fingerprint density at radius 2 is 1.61 bits per heavy atom. The number of aromatic amines is 1. The predicted octanol–water partition coefficient (Wildman–Crippen LogP) is 4.60. The summed E-state index contributed by atoms with van der Waals surface area (Å²) < 4.78 is 43.6. The lowest BCUT2D eigenvalue weighted by atomic mass is 10.1. The smallest absolute Gasteiger partial charge is 0.378 e. The van der Waals surface area contributed by atoms with Crippen molar-refractivity contribution < 1.29 is 27.5 Å². The monoisotopic (exact) mass is 523 g/mol. The number of benzene rings is 3. The maximum Gasteiger partial charge on any atom is 0.416 e. The molecule has 0 atom stereocenters. The normalized spacial score (nSPS) is 13.9. The number of hydrogen-bond acceptors (Lipinski definition) is 5. The standard InChI is InChI=1S/C27H24F3N5O3/c28-27(29,30)20-6-1-17(2-7-20)16-31-25(36)19-5-10-23-22(15-19)24(34-33-23)32-26(37)18-3-8-21(9-4-18)35-11-13-38-14-12-35/h1-10,15H,11-14,16H2,(H,31,36)(H2,32,33,34,37). The van der Waals surface area contributed by atoms with Crippen molar-refractivity contribution in [2.45, 2.75) is 12.7 Å². The minimum atomic E-state index is -4.42. The fourth-order valence-corrected chi connectivity index (χ4v) is 4.17. The molecule has 5 rings (SSSR count). The summed E-state index contributed by atoms with van der Waals surface area (Å²) in [4.78, 5) is 27.8. The molecule has 0 spiro atoms. The third-order valence-corrected chi connectivity index (χ3v) is 6.30. The van der Waals surface area contributed by atoms with E-state index in [9.17, 15) is 22.8 Å². The van der Waals surface area contributed by atoms with Gasteiger partial charge in [0.2, 0.25) is 0 Å². The second kappa shape index (κ2) is 10.5. The Kier molecular flexibility index (Phi) is 7.01. The third-order valence-electron chi connectivity index (χ3n) is 6.30. The lowest BCUT2D eigenvalue weighted by molar-refractivity contribution is -0.137. The molecule has 38 heavy (non-hydrogen) atoms. The van der Waals surface area contributed by atoms with E-state index >= 15 is 0 Å². The van der Waals surface area contributed by atoms with Gasteiger partial charge in [-0.1, -0.05) is 12.1 Å². The molecule has 196 valence electrons. The molecule has 11 heteroatoms. The number of fused-ring (bicyclic) bond motifs is 1. The average molecular weight is 524 g/mol. The van der Waals surface area contributed by atoms with Crippen molar-refractivity contribution in [3.8, 4) is 0 Å². The number of H-pyrrole nitrogens is 1. The van der Waals surface area contributed by atoms with Crippen molar-refractivity contribution >= 4 is 34.2 Å². The van der Waals surface area contributed by atoms with Crippen molar-refractivity contribution in [2.24, 2.45) is 0 Å². The number of alkyl halides is 3. The van der Waals surface area contributed by atoms with E-state index in [1.807, 2.05) is 12.1 Å². The Bertz CT molecular complexity index is 1440. The highest BCUT2D eigenvalue weighted by molar-refractivity contribution is 6.09. The molecule has 1 aromatic heterocycles.